The Morgan fingerprint density at radius 3 is 2.43 bits per heavy atom. The number of halogens is 2. The molecule has 0 radical (unpaired) electrons. The second kappa shape index (κ2) is 4.26. The quantitative estimate of drug-likeness (QED) is 0.755. The van der Waals surface area contributed by atoms with Gasteiger partial charge >= 0.3 is 0 Å². The molecule has 0 saturated carbocycles. The van der Waals surface area contributed by atoms with Crippen LogP contribution in [0.25, 0.3) is 10.6 Å². The summed E-state index contributed by atoms with van der Waals surface area (Å²) in [5.41, 5.74) is 1.02. The highest BCUT2D eigenvalue weighted by Gasteiger charge is 2.04. The lowest BCUT2D eigenvalue weighted by Gasteiger charge is -1.93. The Morgan fingerprint density at radius 1 is 1.14 bits per heavy atom. The van der Waals surface area contributed by atoms with Gasteiger partial charge in [-0.05, 0) is 12.1 Å². The molecular weight excluding hydrogens is 239 g/mol. The van der Waals surface area contributed by atoms with Gasteiger partial charge in [-0.2, -0.15) is 0 Å². The van der Waals surface area contributed by atoms with E-state index in [1.165, 1.54) is 11.3 Å². The van der Waals surface area contributed by atoms with Crippen LogP contribution >= 0.6 is 34.5 Å². The molecule has 1 aromatic heterocycles. The van der Waals surface area contributed by atoms with Crippen molar-refractivity contribution < 1.29 is 0 Å². The molecule has 0 unspecified atom stereocenters. The van der Waals surface area contributed by atoms with Crippen molar-refractivity contribution in [3.8, 4) is 10.6 Å². The summed E-state index contributed by atoms with van der Waals surface area (Å²) >= 11 is 12.9. The first kappa shape index (κ1) is 9.90. The number of aromatic nitrogens is 2. The van der Waals surface area contributed by atoms with E-state index in [1.54, 1.807) is 0 Å². The molecule has 1 aromatic carbocycles. The molecule has 5 heteroatoms. The molecular formula is C9H6Cl2N2S. The van der Waals surface area contributed by atoms with Gasteiger partial charge in [0.05, 0.1) is 5.88 Å². The smallest absolute Gasteiger partial charge is 0.142 e. The Hall–Kier alpha value is -0.640. The first-order valence-electron chi connectivity index (χ1n) is 3.94. The van der Waals surface area contributed by atoms with E-state index < -0.39 is 0 Å². The summed E-state index contributed by atoms with van der Waals surface area (Å²) in [6.45, 7) is 0. The van der Waals surface area contributed by atoms with Crippen LogP contribution in [0, 0.1) is 0 Å². The lowest BCUT2D eigenvalue weighted by atomic mass is 10.2. The fourth-order valence-electron chi connectivity index (χ4n) is 1.02. The number of rotatable bonds is 2. The highest BCUT2D eigenvalue weighted by molar-refractivity contribution is 7.14. The van der Waals surface area contributed by atoms with E-state index in [-0.39, 0.29) is 0 Å². The molecule has 0 aliphatic heterocycles. The van der Waals surface area contributed by atoms with Crippen molar-refractivity contribution in [1.29, 1.82) is 0 Å². The summed E-state index contributed by atoms with van der Waals surface area (Å²) in [6.07, 6.45) is 0. The van der Waals surface area contributed by atoms with Crippen molar-refractivity contribution in [2.45, 2.75) is 5.88 Å². The SMILES string of the molecule is ClCc1nnc(-c2ccc(Cl)cc2)s1. The lowest BCUT2D eigenvalue weighted by Crippen LogP contribution is -1.76. The monoisotopic (exact) mass is 244 g/mol. The number of hydrogen-bond donors (Lipinski definition) is 0. The zero-order chi connectivity index (χ0) is 9.97. The topological polar surface area (TPSA) is 25.8 Å². The molecule has 2 rings (SSSR count). The van der Waals surface area contributed by atoms with Gasteiger partial charge in [0.1, 0.15) is 10.0 Å². The van der Waals surface area contributed by atoms with Gasteiger partial charge < -0.3 is 0 Å². The van der Waals surface area contributed by atoms with E-state index >= 15 is 0 Å². The zero-order valence-corrected chi connectivity index (χ0v) is 9.40. The first-order valence-corrected chi connectivity index (χ1v) is 5.67. The molecule has 0 amide bonds. The van der Waals surface area contributed by atoms with Crippen LogP contribution in [0.3, 0.4) is 0 Å². The van der Waals surface area contributed by atoms with E-state index in [0.29, 0.717) is 5.88 Å². The predicted molar refractivity (Wildman–Crippen MR) is 59.9 cm³/mol. The third-order valence-corrected chi connectivity index (χ3v) is 3.31. The van der Waals surface area contributed by atoms with Gasteiger partial charge in [-0.25, -0.2) is 0 Å². The maximum Gasteiger partial charge on any atom is 0.147 e. The van der Waals surface area contributed by atoms with Crippen LogP contribution in [0.2, 0.25) is 5.02 Å². The van der Waals surface area contributed by atoms with Crippen LogP contribution in [-0.4, -0.2) is 10.2 Å². The summed E-state index contributed by atoms with van der Waals surface area (Å²) in [5, 5.41) is 10.4. The Kier molecular flexibility index (Phi) is 3.01. The van der Waals surface area contributed by atoms with Crippen LogP contribution in [0.15, 0.2) is 24.3 Å². The molecule has 1 heterocycles. The van der Waals surface area contributed by atoms with Crippen LogP contribution in [0.4, 0.5) is 0 Å². The minimum atomic E-state index is 0.408. The molecule has 72 valence electrons. The molecule has 14 heavy (non-hydrogen) atoms. The van der Waals surface area contributed by atoms with Crippen LogP contribution in [0.1, 0.15) is 5.01 Å². The second-order valence-corrected chi connectivity index (χ2v) is 4.41. The van der Waals surface area contributed by atoms with Gasteiger partial charge in [0.2, 0.25) is 0 Å². The van der Waals surface area contributed by atoms with E-state index in [0.717, 1.165) is 20.6 Å². The first-order chi connectivity index (χ1) is 6.79. The minimum absolute atomic E-state index is 0.408. The van der Waals surface area contributed by atoms with Crippen molar-refractivity contribution in [3.05, 3.63) is 34.3 Å². The summed E-state index contributed by atoms with van der Waals surface area (Å²) < 4.78 is 0. The molecule has 0 N–H and O–H groups in total. The average Bonchev–Trinajstić information content (AvgIpc) is 2.67. The molecule has 0 spiro atoms. The maximum absolute atomic E-state index is 5.78. The molecule has 0 aliphatic rings. The van der Waals surface area contributed by atoms with Gasteiger partial charge in [0, 0.05) is 10.6 Å². The molecule has 0 saturated heterocycles. The second-order valence-electron chi connectivity index (χ2n) is 2.64. The van der Waals surface area contributed by atoms with Crippen molar-refractivity contribution in [3.63, 3.8) is 0 Å². The highest BCUT2D eigenvalue weighted by Crippen LogP contribution is 2.25. The Labute approximate surface area is 95.5 Å². The Bertz CT molecular complexity index is 425. The van der Waals surface area contributed by atoms with Gasteiger partial charge in [0.25, 0.3) is 0 Å². The molecule has 0 aliphatic carbocycles. The lowest BCUT2D eigenvalue weighted by molar-refractivity contribution is 1.04. The number of nitrogens with zero attached hydrogens (tertiary/aromatic N) is 2. The number of hydrogen-bond acceptors (Lipinski definition) is 3. The summed E-state index contributed by atoms with van der Waals surface area (Å²) in [4.78, 5) is 0. The molecule has 2 aromatic rings. The minimum Gasteiger partial charge on any atom is -0.142 e. The average molecular weight is 245 g/mol. The van der Waals surface area contributed by atoms with Crippen molar-refractivity contribution >= 4 is 34.5 Å². The van der Waals surface area contributed by atoms with Crippen LogP contribution in [0.5, 0.6) is 0 Å². The number of alkyl halides is 1. The number of benzene rings is 1. The fourth-order valence-corrected chi connectivity index (χ4v) is 2.05. The van der Waals surface area contributed by atoms with E-state index in [4.69, 9.17) is 23.2 Å². The largest absolute Gasteiger partial charge is 0.147 e. The summed E-state index contributed by atoms with van der Waals surface area (Å²) in [6, 6.07) is 7.50. The molecule has 2 nitrogen and oxygen atoms in total. The van der Waals surface area contributed by atoms with Gasteiger partial charge in [-0.1, -0.05) is 35.1 Å². The van der Waals surface area contributed by atoms with Crippen molar-refractivity contribution in [2.75, 3.05) is 0 Å². The summed E-state index contributed by atoms with van der Waals surface area (Å²) in [7, 11) is 0. The van der Waals surface area contributed by atoms with E-state index in [1.807, 2.05) is 24.3 Å². The van der Waals surface area contributed by atoms with Gasteiger partial charge in [-0.3, -0.25) is 0 Å². The summed E-state index contributed by atoms with van der Waals surface area (Å²) in [5.74, 6) is 0.408. The predicted octanol–water partition coefficient (Wildman–Crippen LogP) is 3.60. The standard InChI is InChI=1S/C9H6Cl2N2S/c10-5-8-12-13-9(14-8)6-1-3-7(11)4-2-6/h1-4H,5H2. The Balaban J connectivity index is 2.34. The molecule has 0 atom stereocenters. The van der Waals surface area contributed by atoms with Gasteiger partial charge in [0.15, 0.2) is 0 Å². The van der Waals surface area contributed by atoms with Gasteiger partial charge in [-0.15, -0.1) is 21.8 Å². The highest BCUT2D eigenvalue weighted by atomic mass is 35.5. The van der Waals surface area contributed by atoms with Crippen molar-refractivity contribution in [1.82, 2.24) is 10.2 Å². The Morgan fingerprint density at radius 2 is 1.86 bits per heavy atom. The van der Waals surface area contributed by atoms with E-state index in [2.05, 4.69) is 10.2 Å². The third-order valence-electron chi connectivity index (χ3n) is 1.67. The van der Waals surface area contributed by atoms with Crippen LogP contribution in [-0.2, 0) is 5.88 Å². The third kappa shape index (κ3) is 2.05. The molecule has 0 fully saturated rings. The normalized spacial score (nSPS) is 10.4. The molecule has 0 bridgehead atoms. The zero-order valence-electron chi connectivity index (χ0n) is 7.08. The maximum atomic E-state index is 5.78. The van der Waals surface area contributed by atoms with Crippen molar-refractivity contribution in [2.24, 2.45) is 0 Å². The van der Waals surface area contributed by atoms with Crippen LogP contribution < -0.4 is 0 Å². The fraction of sp³-hybridized carbons (Fsp3) is 0.111. The van der Waals surface area contributed by atoms with E-state index in [9.17, 15) is 0 Å².